The lowest BCUT2D eigenvalue weighted by atomic mass is 10.1. The van der Waals surface area contributed by atoms with Gasteiger partial charge >= 0.3 is 12.4 Å². The summed E-state index contributed by atoms with van der Waals surface area (Å²) in [7, 11) is 4.00. The van der Waals surface area contributed by atoms with Gasteiger partial charge in [-0.2, -0.15) is 26.3 Å². The van der Waals surface area contributed by atoms with Crippen LogP contribution in [0.3, 0.4) is 0 Å². The molecule has 6 heterocycles. The Hall–Kier alpha value is -6.31. The second kappa shape index (κ2) is 17.6. The second-order valence-electron chi connectivity index (χ2n) is 13.9. The molecule has 0 aliphatic rings. The van der Waals surface area contributed by atoms with E-state index in [0.717, 1.165) is 54.2 Å². The van der Waals surface area contributed by atoms with Crippen molar-refractivity contribution >= 4 is 88.9 Å². The number of aromatic nitrogens is 10. The number of alkyl halides is 6. The fraction of sp³-hybridized carbons (Fsp3) is 0.190. The van der Waals surface area contributed by atoms with Crippen molar-refractivity contribution in [1.82, 2.24) is 48.3 Å². The maximum absolute atomic E-state index is 13.2. The third kappa shape index (κ3) is 8.47. The molecule has 3 N–H and O–H groups in total. The van der Waals surface area contributed by atoms with E-state index in [9.17, 15) is 26.3 Å². The molecule has 320 valence electrons. The number of hydrogen-bond donors (Lipinski definition) is 2. The van der Waals surface area contributed by atoms with Gasteiger partial charge in [0.15, 0.2) is 11.3 Å². The highest BCUT2D eigenvalue weighted by atomic mass is 79.9. The van der Waals surface area contributed by atoms with Crippen LogP contribution in [-0.2, 0) is 39.3 Å². The summed E-state index contributed by atoms with van der Waals surface area (Å²) in [6.07, 6.45) is -4.92. The minimum atomic E-state index is -4.57. The number of nitrogens with two attached hydrogens (primary N) is 1. The van der Waals surface area contributed by atoms with Crippen LogP contribution in [0.25, 0.3) is 54.9 Å². The van der Waals surface area contributed by atoms with E-state index in [1.807, 2.05) is 91.5 Å². The van der Waals surface area contributed by atoms with Crippen molar-refractivity contribution < 1.29 is 26.3 Å². The standard InChI is InChI=1S/C21H17F3N6.C11H5BrF3N3.C10H13N3.ClH/c1-29-16-8-3-2-6-14(16)26-17(29)9-11-25-15-7-4-5-13-10-12-30-19(18(13)15)27-28-20(30)21(22,23)24;12-7-3-1-2-6-4-5-18-9(8(6)7)16-17-10(18)11(13,14)15;1-13-9-5-3-2-4-8(9)12-10(13)6-7-11;/h2-8,10,12,25H,9,11H2,1H3;1-5H;2-5H,6-7,11H2,1H3;1H. The first-order chi connectivity index (χ1) is 29.2. The van der Waals surface area contributed by atoms with Crippen LogP contribution in [-0.4, -0.2) is 61.4 Å². The van der Waals surface area contributed by atoms with Gasteiger partial charge in [0.2, 0.25) is 11.6 Å². The fourth-order valence-corrected chi connectivity index (χ4v) is 7.76. The van der Waals surface area contributed by atoms with Gasteiger partial charge in [-0.05, 0) is 65.8 Å². The summed E-state index contributed by atoms with van der Waals surface area (Å²) in [4.78, 5) is 9.14. The van der Waals surface area contributed by atoms with E-state index in [0.29, 0.717) is 40.4 Å². The first-order valence-corrected chi connectivity index (χ1v) is 19.6. The number of aryl methyl sites for hydroxylation is 2. The summed E-state index contributed by atoms with van der Waals surface area (Å²) in [6, 6.07) is 30.2. The second-order valence-corrected chi connectivity index (χ2v) is 14.8. The molecule has 4 aromatic carbocycles. The van der Waals surface area contributed by atoms with Crippen LogP contribution in [0.1, 0.15) is 23.3 Å². The van der Waals surface area contributed by atoms with E-state index in [-0.39, 0.29) is 23.7 Å². The van der Waals surface area contributed by atoms with E-state index in [1.165, 1.54) is 17.9 Å². The molecule has 10 rings (SSSR count). The number of para-hydroxylation sites is 4. The summed E-state index contributed by atoms with van der Waals surface area (Å²) >= 11 is 3.32. The molecule has 62 heavy (non-hydrogen) atoms. The number of fused-ring (bicyclic) bond motifs is 8. The molecule has 0 spiro atoms. The van der Waals surface area contributed by atoms with Gasteiger partial charge in [0.1, 0.15) is 11.6 Å². The third-order valence-electron chi connectivity index (χ3n) is 10.1. The first-order valence-electron chi connectivity index (χ1n) is 18.8. The lowest BCUT2D eigenvalue weighted by Crippen LogP contribution is -2.11. The number of benzene rings is 4. The fourth-order valence-electron chi connectivity index (χ4n) is 7.20. The lowest BCUT2D eigenvalue weighted by molar-refractivity contribution is -0.146. The van der Waals surface area contributed by atoms with Crippen molar-refractivity contribution in [2.45, 2.75) is 25.2 Å². The summed E-state index contributed by atoms with van der Waals surface area (Å²) < 4.78 is 84.6. The summed E-state index contributed by atoms with van der Waals surface area (Å²) in [5.74, 6) is -0.0660. The molecule has 0 unspecified atom stereocenters. The van der Waals surface area contributed by atoms with Gasteiger partial charge in [-0.25, -0.2) is 9.97 Å². The Morgan fingerprint density at radius 1 is 0.597 bits per heavy atom. The average molecular weight is 938 g/mol. The molecule has 0 aliphatic heterocycles. The van der Waals surface area contributed by atoms with Crippen molar-refractivity contribution in [1.29, 1.82) is 0 Å². The van der Waals surface area contributed by atoms with Gasteiger partial charge in [0.25, 0.3) is 0 Å². The largest absolute Gasteiger partial charge is 0.452 e. The minimum absolute atomic E-state index is 0. The van der Waals surface area contributed by atoms with Gasteiger partial charge in [0, 0.05) is 61.4 Å². The van der Waals surface area contributed by atoms with Crippen LogP contribution in [0.15, 0.2) is 114 Å². The van der Waals surface area contributed by atoms with Gasteiger partial charge < -0.3 is 20.2 Å². The van der Waals surface area contributed by atoms with E-state index in [4.69, 9.17) is 5.73 Å². The van der Waals surface area contributed by atoms with Gasteiger partial charge in [-0.1, -0.05) is 64.5 Å². The molecular weight excluding hydrogens is 902 g/mol. The molecule has 6 aromatic heterocycles. The Balaban J connectivity index is 0.000000153. The molecule has 0 saturated carbocycles. The van der Waals surface area contributed by atoms with Crippen LogP contribution in [0.5, 0.6) is 0 Å². The molecule has 10 aromatic rings. The number of halogens is 8. The number of imidazole rings is 2. The maximum atomic E-state index is 13.2. The number of pyridine rings is 2. The van der Waals surface area contributed by atoms with Crippen molar-refractivity contribution in [2.75, 3.05) is 18.4 Å². The van der Waals surface area contributed by atoms with E-state index in [1.54, 1.807) is 18.2 Å². The molecule has 0 amide bonds. The molecule has 0 saturated heterocycles. The number of anilines is 1. The first kappa shape index (κ1) is 43.8. The van der Waals surface area contributed by atoms with Gasteiger partial charge in [-0.15, -0.1) is 32.8 Å². The maximum Gasteiger partial charge on any atom is 0.452 e. The number of nitrogens with one attached hydrogen (secondary N) is 1. The van der Waals surface area contributed by atoms with Crippen molar-refractivity contribution in [3.63, 3.8) is 0 Å². The topological polar surface area (TPSA) is 134 Å². The van der Waals surface area contributed by atoms with Crippen LogP contribution in [0.4, 0.5) is 32.0 Å². The predicted octanol–water partition coefficient (Wildman–Crippen LogP) is 9.60. The Morgan fingerprint density at radius 3 is 1.60 bits per heavy atom. The van der Waals surface area contributed by atoms with Gasteiger partial charge in [-0.3, -0.25) is 8.80 Å². The van der Waals surface area contributed by atoms with Crippen LogP contribution < -0.4 is 11.1 Å². The molecule has 20 heteroatoms. The lowest BCUT2D eigenvalue weighted by Gasteiger charge is -2.11. The smallest absolute Gasteiger partial charge is 0.384 e. The summed E-state index contributed by atoms with van der Waals surface area (Å²) in [5, 5.41) is 20.2. The predicted molar refractivity (Wildman–Crippen MR) is 232 cm³/mol. The zero-order chi connectivity index (χ0) is 43.1. The Bertz CT molecular complexity index is 3190. The molecule has 0 aliphatic carbocycles. The van der Waals surface area contributed by atoms with Crippen molar-refractivity contribution in [3.05, 3.63) is 137 Å². The van der Waals surface area contributed by atoms with E-state index < -0.39 is 24.0 Å². The van der Waals surface area contributed by atoms with Crippen LogP contribution >= 0.6 is 28.3 Å². The van der Waals surface area contributed by atoms with Crippen molar-refractivity contribution in [2.24, 2.45) is 19.8 Å². The monoisotopic (exact) mass is 936 g/mol. The Labute approximate surface area is 362 Å². The zero-order valence-electron chi connectivity index (χ0n) is 32.8. The van der Waals surface area contributed by atoms with Crippen molar-refractivity contribution in [3.8, 4) is 0 Å². The highest BCUT2D eigenvalue weighted by molar-refractivity contribution is 9.10. The van der Waals surface area contributed by atoms with E-state index >= 15 is 0 Å². The average Bonchev–Trinajstić information content (AvgIpc) is 4.02. The molecule has 0 atom stereocenters. The highest BCUT2D eigenvalue weighted by Gasteiger charge is 2.38. The zero-order valence-corrected chi connectivity index (χ0v) is 35.2. The normalized spacial score (nSPS) is 11.8. The van der Waals surface area contributed by atoms with E-state index in [2.05, 4.69) is 62.2 Å². The summed E-state index contributed by atoms with van der Waals surface area (Å²) in [5.41, 5.74) is 10.8. The van der Waals surface area contributed by atoms with Gasteiger partial charge in [0.05, 0.1) is 27.5 Å². The van der Waals surface area contributed by atoms with Crippen LogP contribution in [0, 0.1) is 0 Å². The summed E-state index contributed by atoms with van der Waals surface area (Å²) in [6.45, 7) is 1.22. The minimum Gasteiger partial charge on any atom is -0.384 e. The quantitative estimate of drug-likeness (QED) is 0.158. The SMILES string of the molecule is Cl.Cn1c(CCN)nc2ccccc21.Cn1c(CCNc2cccc3ccn4c(C(F)(F)F)nnc4c23)nc2ccccc21.FC(F)(F)c1nnc2c3c(Br)cccc3ccn12. The molecule has 0 fully saturated rings. The third-order valence-corrected chi connectivity index (χ3v) is 10.7. The molecule has 0 bridgehead atoms. The Kier molecular flexibility index (Phi) is 12.4. The Morgan fingerprint density at radius 2 is 1.08 bits per heavy atom. The number of hydrogen-bond acceptors (Lipinski definition) is 8. The van der Waals surface area contributed by atoms with Crippen LogP contribution in [0.2, 0.25) is 0 Å². The highest BCUT2D eigenvalue weighted by Crippen LogP contribution is 2.34. The number of rotatable bonds is 6. The molecule has 0 radical (unpaired) electrons. The molecule has 12 nitrogen and oxygen atoms in total. The number of nitrogens with zero attached hydrogens (tertiary/aromatic N) is 10. The molecular formula is C42H36BrClF6N12.